The summed E-state index contributed by atoms with van der Waals surface area (Å²) in [5.41, 5.74) is 2.87. The first-order valence-electron chi connectivity index (χ1n) is 8.44. The lowest BCUT2D eigenvalue weighted by Crippen LogP contribution is -2.36. The van der Waals surface area contributed by atoms with Crippen molar-refractivity contribution >= 4 is 6.03 Å². The lowest BCUT2D eigenvalue weighted by atomic mass is 9.99. The molecule has 2 heterocycles. The fourth-order valence-electron chi connectivity index (χ4n) is 2.85. The Morgan fingerprint density at radius 1 is 1.38 bits per heavy atom. The Bertz CT molecular complexity index is 672. The molecule has 24 heavy (non-hydrogen) atoms. The molecule has 2 N–H and O–H groups in total. The van der Waals surface area contributed by atoms with Crippen LogP contribution in [0.3, 0.4) is 0 Å². The fraction of sp³-hybridized carbons (Fsp3) is 0.588. The molecule has 1 atom stereocenters. The van der Waals surface area contributed by atoms with E-state index in [4.69, 9.17) is 4.52 Å². The highest BCUT2D eigenvalue weighted by Crippen LogP contribution is 2.22. The summed E-state index contributed by atoms with van der Waals surface area (Å²) in [5, 5.41) is 14.1. The topological polar surface area (TPSA) is 85.0 Å². The van der Waals surface area contributed by atoms with Crippen molar-refractivity contribution in [1.82, 2.24) is 25.6 Å². The van der Waals surface area contributed by atoms with Gasteiger partial charge in [-0.05, 0) is 26.7 Å². The highest BCUT2D eigenvalue weighted by molar-refractivity contribution is 5.74. The Kier molecular flexibility index (Phi) is 6.00. The average Bonchev–Trinajstić information content (AvgIpc) is 3.13. The van der Waals surface area contributed by atoms with Crippen LogP contribution >= 0.6 is 0 Å². The average molecular weight is 333 g/mol. The first-order chi connectivity index (χ1) is 11.4. The molecular weight excluding hydrogens is 306 g/mol. The van der Waals surface area contributed by atoms with Gasteiger partial charge in [-0.15, -0.1) is 0 Å². The van der Waals surface area contributed by atoms with Crippen molar-refractivity contribution in [2.45, 2.75) is 59.0 Å². The number of carbonyl (C=O) groups excluding carboxylic acids is 1. The van der Waals surface area contributed by atoms with Crippen LogP contribution in [0.25, 0.3) is 0 Å². The number of nitrogens with one attached hydrogen (secondary N) is 2. The summed E-state index contributed by atoms with van der Waals surface area (Å²) in [5.74, 6) is 1.07. The zero-order chi connectivity index (χ0) is 17.7. The maximum Gasteiger partial charge on any atom is 0.315 e. The van der Waals surface area contributed by atoms with Crippen molar-refractivity contribution < 1.29 is 9.32 Å². The van der Waals surface area contributed by atoms with Crippen LogP contribution in [-0.4, -0.2) is 21.0 Å². The second-order valence-electron chi connectivity index (χ2n) is 6.12. The molecule has 0 aromatic carbocycles. The predicted molar refractivity (Wildman–Crippen MR) is 91.6 cm³/mol. The number of urea groups is 1. The number of rotatable bonds is 7. The molecule has 0 radical (unpaired) electrons. The van der Waals surface area contributed by atoms with Gasteiger partial charge in [-0.25, -0.2) is 4.79 Å². The minimum atomic E-state index is -0.244. The van der Waals surface area contributed by atoms with Crippen LogP contribution in [0.1, 0.15) is 68.3 Å². The second kappa shape index (κ2) is 7.99. The highest BCUT2D eigenvalue weighted by atomic mass is 16.5. The molecule has 2 aromatic rings. The summed E-state index contributed by atoms with van der Waals surface area (Å²) in [6.07, 6.45) is 3.97. The molecule has 132 valence electrons. The van der Waals surface area contributed by atoms with E-state index >= 15 is 0 Å². The van der Waals surface area contributed by atoms with Gasteiger partial charge in [-0.1, -0.05) is 19.0 Å². The molecule has 7 nitrogen and oxygen atoms in total. The monoisotopic (exact) mass is 333 g/mol. The van der Waals surface area contributed by atoms with Crippen molar-refractivity contribution in [2.24, 2.45) is 7.05 Å². The second-order valence-corrected chi connectivity index (χ2v) is 6.12. The zero-order valence-corrected chi connectivity index (χ0v) is 15.1. The first kappa shape index (κ1) is 18.0. The zero-order valence-electron chi connectivity index (χ0n) is 15.1. The van der Waals surface area contributed by atoms with E-state index in [0.29, 0.717) is 18.2 Å². The largest absolute Gasteiger partial charge is 0.359 e. The molecule has 2 rings (SSSR count). The van der Waals surface area contributed by atoms with Crippen molar-refractivity contribution in [1.29, 1.82) is 0 Å². The lowest BCUT2D eigenvalue weighted by molar-refractivity contribution is 0.235. The van der Waals surface area contributed by atoms with Gasteiger partial charge in [0.25, 0.3) is 0 Å². The van der Waals surface area contributed by atoms with Crippen LogP contribution in [0.4, 0.5) is 4.79 Å². The summed E-state index contributed by atoms with van der Waals surface area (Å²) in [6, 6.07) is 1.56. The SMILES string of the molecule is CCC(CC)c1cc(CNC(=O)NC(C)c2cn(C)nc2C)on1. The summed E-state index contributed by atoms with van der Waals surface area (Å²) in [4.78, 5) is 12.1. The van der Waals surface area contributed by atoms with Gasteiger partial charge < -0.3 is 15.2 Å². The molecule has 2 aromatic heterocycles. The van der Waals surface area contributed by atoms with Gasteiger partial charge in [0.15, 0.2) is 5.76 Å². The van der Waals surface area contributed by atoms with E-state index in [-0.39, 0.29) is 12.1 Å². The van der Waals surface area contributed by atoms with Crippen LogP contribution in [0.2, 0.25) is 0 Å². The fourth-order valence-corrected chi connectivity index (χ4v) is 2.85. The minimum Gasteiger partial charge on any atom is -0.359 e. The van der Waals surface area contributed by atoms with E-state index < -0.39 is 0 Å². The molecule has 1 unspecified atom stereocenters. The van der Waals surface area contributed by atoms with Gasteiger partial charge in [0, 0.05) is 30.8 Å². The van der Waals surface area contributed by atoms with Crippen molar-refractivity contribution in [3.8, 4) is 0 Å². The Hall–Kier alpha value is -2.31. The number of amides is 2. The van der Waals surface area contributed by atoms with Gasteiger partial charge in [-0.2, -0.15) is 5.10 Å². The molecule has 7 heteroatoms. The van der Waals surface area contributed by atoms with Crippen molar-refractivity contribution in [2.75, 3.05) is 0 Å². The van der Waals surface area contributed by atoms with Gasteiger partial charge in [-0.3, -0.25) is 4.68 Å². The third-order valence-electron chi connectivity index (χ3n) is 4.27. The summed E-state index contributed by atoms with van der Waals surface area (Å²) in [6.45, 7) is 8.45. The first-order valence-corrected chi connectivity index (χ1v) is 8.44. The number of carbonyl (C=O) groups is 1. The maximum atomic E-state index is 12.1. The van der Waals surface area contributed by atoms with E-state index in [0.717, 1.165) is 29.8 Å². The lowest BCUT2D eigenvalue weighted by Gasteiger charge is -2.13. The third-order valence-corrected chi connectivity index (χ3v) is 4.27. The van der Waals surface area contributed by atoms with Gasteiger partial charge >= 0.3 is 6.03 Å². The maximum absolute atomic E-state index is 12.1. The van der Waals surface area contributed by atoms with Gasteiger partial charge in [0.2, 0.25) is 0 Å². The van der Waals surface area contributed by atoms with E-state index in [9.17, 15) is 4.79 Å². The van der Waals surface area contributed by atoms with E-state index in [1.165, 1.54) is 0 Å². The predicted octanol–water partition coefficient (Wildman–Crippen LogP) is 3.18. The Morgan fingerprint density at radius 3 is 2.67 bits per heavy atom. The molecule has 0 saturated heterocycles. The quantitative estimate of drug-likeness (QED) is 0.815. The molecule has 0 spiro atoms. The van der Waals surface area contributed by atoms with Crippen LogP contribution in [0, 0.1) is 6.92 Å². The molecular formula is C17H27N5O2. The van der Waals surface area contributed by atoms with Crippen LogP contribution in [0.5, 0.6) is 0 Å². The summed E-state index contributed by atoms with van der Waals surface area (Å²) in [7, 11) is 1.87. The summed E-state index contributed by atoms with van der Waals surface area (Å²) < 4.78 is 7.05. The number of aryl methyl sites for hydroxylation is 2. The number of nitrogens with zero attached hydrogens (tertiary/aromatic N) is 3. The highest BCUT2D eigenvalue weighted by Gasteiger charge is 2.16. The van der Waals surface area contributed by atoms with E-state index in [2.05, 4.69) is 34.7 Å². The Morgan fingerprint density at radius 2 is 2.08 bits per heavy atom. The van der Waals surface area contributed by atoms with Crippen LogP contribution in [-0.2, 0) is 13.6 Å². The molecule has 0 aliphatic heterocycles. The van der Waals surface area contributed by atoms with Gasteiger partial charge in [0.1, 0.15) is 0 Å². The van der Waals surface area contributed by atoms with Crippen molar-refractivity contribution in [3.05, 3.63) is 35.0 Å². The number of hydrogen-bond donors (Lipinski definition) is 2. The molecule has 0 saturated carbocycles. The summed E-state index contributed by atoms with van der Waals surface area (Å²) >= 11 is 0. The smallest absolute Gasteiger partial charge is 0.315 e. The van der Waals surface area contributed by atoms with E-state index in [1.54, 1.807) is 4.68 Å². The van der Waals surface area contributed by atoms with Crippen LogP contribution < -0.4 is 10.6 Å². The molecule has 0 aliphatic rings. The standard InChI is InChI=1S/C17H27N5O2/c1-6-13(7-2)16-8-14(24-21-16)9-18-17(23)19-11(3)15-10-22(5)20-12(15)4/h8,10-11,13H,6-7,9H2,1-5H3,(H2,18,19,23). The molecule has 0 fully saturated rings. The Labute approximate surface area is 142 Å². The number of hydrogen-bond acceptors (Lipinski definition) is 4. The third kappa shape index (κ3) is 4.37. The number of aromatic nitrogens is 3. The molecule has 0 bridgehead atoms. The van der Waals surface area contributed by atoms with Crippen molar-refractivity contribution in [3.63, 3.8) is 0 Å². The molecule has 0 aliphatic carbocycles. The Balaban J connectivity index is 1.86. The minimum absolute atomic E-state index is 0.117. The van der Waals surface area contributed by atoms with E-state index in [1.807, 2.05) is 33.2 Å². The van der Waals surface area contributed by atoms with Crippen LogP contribution in [0.15, 0.2) is 16.8 Å². The normalized spacial score (nSPS) is 12.4. The van der Waals surface area contributed by atoms with Gasteiger partial charge in [0.05, 0.1) is 24.0 Å². The molecule has 2 amide bonds.